The van der Waals surface area contributed by atoms with Crippen molar-refractivity contribution in [3.8, 4) is 0 Å². The van der Waals surface area contributed by atoms with Gasteiger partial charge in [0.25, 0.3) is 11.4 Å². The number of ether oxygens (including phenoxy) is 1. The largest absolute Gasteiger partial charge is 0.450 e. The van der Waals surface area contributed by atoms with Crippen LogP contribution in [0.1, 0.15) is 34.3 Å². The number of benzene rings is 2. The topological polar surface area (TPSA) is 125 Å². The average Bonchev–Trinajstić information content (AvgIpc) is 2.69. The lowest BCUT2D eigenvalue weighted by Gasteiger charge is -2.37. The van der Waals surface area contributed by atoms with Gasteiger partial charge in [-0.05, 0) is 25.6 Å². The highest BCUT2D eigenvalue weighted by atomic mass is 16.6. The first kappa shape index (κ1) is 19.4. The predicted octanol–water partition coefficient (Wildman–Crippen LogP) is 3.25. The van der Waals surface area contributed by atoms with Crippen LogP contribution < -0.4 is 5.32 Å². The first-order chi connectivity index (χ1) is 13.3. The monoisotopic (exact) mass is 385 g/mol. The summed E-state index contributed by atoms with van der Waals surface area (Å²) in [6.45, 7) is 2.55. The molecule has 1 aliphatic heterocycles. The van der Waals surface area contributed by atoms with Crippen molar-refractivity contribution in [2.75, 3.05) is 13.1 Å². The van der Waals surface area contributed by atoms with Crippen LogP contribution in [0.5, 0.6) is 0 Å². The second-order valence-electron chi connectivity index (χ2n) is 6.65. The molecule has 0 radical (unpaired) electrons. The highest BCUT2D eigenvalue weighted by Gasteiger charge is 2.38. The van der Waals surface area contributed by atoms with Gasteiger partial charge in [-0.2, -0.15) is 0 Å². The molecule has 1 fully saturated rings. The standard InChI is InChI=1S/C19H19N3O6/c1-13-16(21(24)25)11-14(12-17(13)22(26)27)18(23)28-19(7-9-20-10-8-19)15-5-3-2-4-6-15/h2-6,11-12,20H,7-10H2,1H3. The fourth-order valence-corrected chi connectivity index (χ4v) is 3.44. The molecule has 0 unspecified atom stereocenters. The summed E-state index contributed by atoms with van der Waals surface area (Å²) in [6, 6.07) is 11.3. The van der Waals surface area contributed by atoms with Gasteiger partial charge in [-0.25, -0.2) is 4.79 Å². The van der Waals surface area contributed by atoms with E-state index in [1.165, 1.54) is 6.92 Å². The van der Waals surface area contributed by atoms with Crippen molar-refractivity contribution >= 4 is 17.3 Å². The third-order valence-corrected chi connectivity index (χ3v) is 4.98. The highest BCUT2D eigenvalue weighted by Crippen LogP contribution is 2.37. The number of hydrogen-bond donors (Lipinski definition) is 1. The maximum absolute atomic E-state index is 12.9. The molecule has 1 saturated heterocycles. The van der Waals surface area contributed by atoms with E-state index in [4.69, 9.17) is 4.74 Å². The molecule has 0 aromatic heterocycles. The van der Waals surface area contributed by atoms with Crippen LogP contribution in [-0.4, -0.2) is 28.9 Å². The zero-order valence-corrected chi connectivity index (χ0v) is 15.2. The number of piperidine rings is 1. The molecule has 1 heterocycles. The van der Waals surface area contributed by atoms with Crippen LogP contribution in [0.25, 0.3) is 0 Å². The molecule has 0 saturated carbocycles. The van der Waals surface area contributed by atoms with Crippen molar-refractivity contribution in [1.82, 2.24) is 5.32 Å². The Kier molecular flexibility index (Phi) is 5.36. The Morgan fingerprint density at radius 2 is 1.57 bits per heavy atom. The molecule has 2 aromatic carbocycles. The lowest BCUT2D eigenvalue weighted by Crippen LogP contribution is -2.43. The van der Waals surface area contributed by atoms with Gasteiger partial charge in [0.05, 0.1) is 15.4 Å². The average molecular weight is 385 g/mol. The number of rotatable bonds is 5. The van der Waals surface area contributed by atoms with E-state index in [0.717, 1.165) is 17.7 Å². The van der Waals surface area contributed by atoms with Gasteiger partial charge in [-0.15, -0.1) is 0 Å². The molecule has 146 valence electrons. The van der Waals surface area contributed by atoms with E-state index in [0.29, 0.717) is 25.9 Å². The van der Waals surface area contributed by atoms with Gasteiger partial charge < -0.3 is 10.1 Å². The second-order valence-corrected chi connectivity index (χ2v) is 6.65. The molecule has 0 bridgehead atoms. The Morgan fingerprint density at radius 1 is 1.04 bits per heavy atom. The summed E-state index contributed by atoms with van der Waals surface area (Å²) in [6.07, 6.45) is 1.05. The van der Waals surface area contributed by atoms with Crippen LogP contribution in [0.4, 0.5) is 11.4 Å². The maximum atomic E-state index is 12.9. The van der Waals surface area contributed by atoms with Crippen molar-refractivity contribution < 1.29 is 19.4 Å². The minimum Gasteiger partial charge on any atom is -0.450 e. The van der Waals surface area contributed by atoms with E-state index in [1.54, 1.807) is 0 Å². The summed E-state index contributed by atoms with van der Waals surface area (Å²) in [7, 11) is 0. The molecular weight excluding hydrogens is 366 g/mol. The van der Waals surface area contributed by atoms with Crippen LogP contribution in [0.2, 0.25) is 0 Å². The molecule has 28 heavy (non-hydrogen) atoms. The zero-order valence-electron chi connectivity index (χ0n) is 15.2. The van der Waals surface area contributed by atoms with Crippen LogP contribution in [-0.2, 0) is 10.3 Å². The van der Waals surface area contributed by atoms with E-state index in [9.17, 15) is 25.0 Å². The van der Waals surface area contributed by atoms with Crippen molar-refractivity contribution in [3.63, 3.8) is 0 Å². The summed E-state index contributed by atoms with van der Waals surface area (Å²) in [5.41, 5.74) is -1.36. The first-order valence-electron chi connectivity index (χ1n) is 8.77. The Balaban J connectivity index is 2.01. The fraction of sp³-hybridized carbons (Fsp3) is 0.316. The van der Waals surface area contributed by atoms with Gasteiger partial charge in [0.2, 0.25) is 0 Å². The molecule has 0 atom stereocenters. The Morgan fingerprint density at radius 3 is 2.07 bits per heavy atom. The normalized spacial score (nSPS) is 15.6. The molecule has 3 rings (SSSR count). The molecule has 9 heteroatoms. The summed E-state index contributed by atoms with van der Waals surface area (Å²) >= 11 is 0. The van der Waals surface area contributed by atoms with Gasteiger partial charge in [-0.3, -0.25) is 20.2 Å². The summed E-state index contributed by atoms with van der Waals surface area (Å²) in [5, 5.41) is 25.7. The van der Waals surface area contributed by atoms with Gasteiger partial charge in [0.15, 0.2) is 0 Å². The quantitative estimate of drug-likeness (QED) is 0.476. The molecule has 1 N–H and O–H groups in total. The summed E-state index contributed by atoms with van der Waals surface area (Å²) < 4.78 is 5.84. The van der Waals surface area contributed by atoms with Crippen molar-refractivity contribution in [1.29, 1.82) is 0 Å². The van der Waals surface area contributed by atoms with E-state index in [1.807, 2.05) is 30.3 Å². The number of nitro benzene ring substituents is 2. The maximum Gasteiger partial charge on any atom is 0.339 e. The van der Waals surface area contributed by atoms with Crippen LogP contribution in [0.3, 0.4) is 0 Å². The number of nitrogens with zero attached hydrogens (tertiary/aromatic N) is 2. The van der Waals surface area contributed by atoms with Crippen molar-refractivity contribution in [2.45, 2.75) is 25.4 Å². The van der Waals surface area contributed by atoms with E-state index < -0.39 is 32.8 Å². The lowest BCUT2D eigenvalue weighted by molar-refractivity contribution is -0.395. The zero-order chi connectivity index (χ0) is 20.3. The lowest BCUT2D eigenvalue weighted by atomic mass is 9.84. The minimum absolute atomic E-state index is 0.105. The number of carbonyl (C=O) groups is 1. The van der Waals surface area contributed by atoms with Crippen molar-refractivity contribution in [3.05, 3.63) is 79.4 Å². The van der Waals surface area contributed by atoms with Crippen LogP contribution in [0.15, 0.2) is 42.5 Å². The number of esters is 1. The van der Waals surface area contributed by atoms with E-state index in [2.05, 4.69) is 5.32 Å². The first-order valence-corrected chi connectivity index (χ1v) is 8.77. The predicted molar refractivity (Wildman–Crippen MR) is 100 cm³/mol. The molecule has 0 aliphatic carbocycles. The van der Waals surface area contributed by atoms with E-state index >= 15 is 0 Å². The minimum atomic E-state index is -0.891. The molecule has 0 spiro atoms. The SMILES string of the molecule is Cc1c([N+](=O)[O-])cc(C(=O)OC2(c3ccccc3)CCNCC2)cc1[N+](=O)[O-]. The third-order valence-electron chi connectivity index (χ3n) is 4.98. The summed E-state index contributed by atoms with van der Waals surface area (Å²) in [4.78, 5) is 33.9. The van der Waals surface area contributed by atoms with Gasteiger partial charge in [0, 0.05) is 25.0 Å². The smallest absolute Gasteiger partial charge is 0.339 e. The van der Waals surface area contributed by atoms with Gasteiger partial charge >= 0.3 is 5.97 Å². The molecule has 2 aromatic rings. The second kappa shape index (κ2) is 7.73. The summed E-state index contributed by atoms with van der Waals surface area (Å²) in [5.74, 6) is -0.822. The van der Waals surface area contributed by atoms with Crippen LogP contribution >= 0.6 is 0 Å². The number of hydrogen-bond acceptors (Lipinski definition) is 7. The Labute approximate surface area is 160 Å². The highest BCUT2D eigenvalue weighted by molar-refractivity contribution is 5.92. The third kappa shape index (κ3) is 3.70. The number of carbonyl (C=O) groups excluding carboxylic acids is 1. The van der Waals surface area contributed by atoms with Gasteiger partial charge in [-0.1, -0.05) is 30.3 Å². The van der Waals surface area contributed by atoms with Crippen molar-refractivity contribution in [2.24, 2.45) is 0 Å². The number of nitro groups is 2. The van der Waals surface area contributed by atoms with Crippen LogP contribution in [0, 0.1) is 27.2 Å². The molecule has 9 nitrogen and oxygen atoms in total. The van der Waals surface area contributed by atoms with Gasteiger partial charge in [0.1, 0.15) is 11.2 Å². The molecule has 0 amide bonds. The Bertz CT molecular complexity index is 888. The number of nitrogens with one attached hydrogen (secondary N) is 1. The van der Waals surface area contributed by atoms with E-state index in [-0.39, 0.29) is 11.1 Å². The molecular formula is C19H19N3O6. The Hall–Kier alpha value is -3.33. The molecule has 1 aliphatic rings. The fourth-order valence-electron chi connectivity index (χ4n) is 3.44.